The number of aromatic nitrogens is 1. The number of pyridine rings is 1. The lowest BCUT2D eigenvalue weighted by atomic mass is 9.98. The van der Waals surface area contributed by atoms with Gasteiger partial charge < -0.3 is 14.4 Å². The molecular weight excluding hydrogens is 423 g/mol. The normalized spacial score (nSPS) is 13.5. The Morgan fingerprint density at radius 1 is 1.10 bits per heavy atom. The minimum atomic E-state index is -0.101. The SMILES string of the molecule is COc1c(Cl)c2c(c(Cl)c1OC)CN(C(=O)/C=C/c1cnc3ccccc3c1)CC2. The van der Waals surface area contributed by atoms with Crippen molar-refractivity contribution in [2.24, 2.45) is 0 Å². The summed E-state index contributed by atoms with van der Waals surface area (Å²) in [6.07, 6.45) is 5.68. The van der Waals surface area contributed by atoms with Crippen molar-refractivity contribution < 1.29 is 14.3 Å². The van der Waals surface area contributed by atoms with Crippen LogP contribution in [0.5, 0.6) is 11.5 Å². The van der Waals surface area contributed by atoms with Gasteiger partial charge in [0.1, 0.15) is 0 Å². The Balaban J connectivity index is 1.57. The highest BCUT2D eigenvalue weighted by Gasteiger charge is 2.29. The number of amides is 1. The first-order valence-corrected chi connectivity index (χ1v) is 10.2. The predicted octanol–water partition coefficient (Wildman–Crippen LogP) is 5.16. The van der Waals surface area contributed by atoms with E-state index in [9.17, 15) is 4.79 Å². The number of nitrogens with zero attached hydrogens (tertiary/aromatic N) is 2. The molecule has 154 valence electrons. The first kappa shape index (κ1) is 20.5. The van der Waals surface area contributed by atoms with Gasteiger partial charge in [0.25, 0.3) is 0 Å². The van der Waals surface area contributed by atoms with Gasteiger partial charge in [-0.1, -0.05) is 41.4 Å². The second kappa shape index (κ2) is 8.54. The van der Waals surface area contributed by atoms with Gasteiger partial charge in [-0.15, -0.1) is 0 Å². The molecule has 2 aromatic carbocycles. The van der Waals surface area contributed by atoms with Gasteiger partial charge in [-0.25, -0.2) is 0 Å². The number of hydrogen-bond donors (Lipinski definition) is 0. The highest BCUT2D eigenvalue weighted by atomic mass is 35.5. The number of ether oxygens (including phenoxy) is 2. The van der Waals surface area contributed by atoms with E-state index in [0.717, 1.165) is 27.6 Å². The van der Waals surface area contributed by atoms with Gasteiger partial charge in [0.2, 0.25) is 5.91 Å². The molecule has 0 saturated carbocycles. The maximum absolute atomic E-state index is 12.8. The standard InChI is InChI=1S/C23H20Cl2N2O3/c1-29-22-20(24)16-9-10-27(13-17(16)21(25)23(22)30-2)19(28)8-7-14-11-15-5-3-4-6-18(15)26-12-14/h3-8,11-12H,9-10,13H2,1-2H3/b8-7+. The molecule has 0 saturated heterocycles. The largest absolute Gasteiger partial charge is 0.491 e. The van der Waals surface area contributed by atoms with Crippen molar-refractivity contribution in [3.63, 3.8) is 0 Å². The second-order valence-corrected chi connectivity index (χ2v) is 7.71. The third-order valence-electron chi connectivity index (χ3n) is 5.23. The summed E-state index contributed by atoms with van der Waals surface area (Å²) >= 11 is 13.1. The molecule has 5 nitrogen and oxygen atoms in total. The summed E-state index contributed by atoms with van der Waals surface area (Å²) in [4.78, 5) is 19.0. The van der Waals surface area contributed by atoms with Crippen LogP contribution in [0.3, 0.4) is 0 Å². The Bertz CT molecular complexity index is 1160. The van der Waals surface area contributed by atoms with Crippen molar-refractivity contribution in [1.82, 2.24) is 9.88 Å². The quantitative estimate of drug-likeness (QED) is 0.523. The van der Waals surface area contributed by atoms with E-state index in [1.807, 2.05) is 30.3 Å². The molecule has 0 N–H and O–H groups in total. The van der Waals surface area contributed by atoms with Crippen LogP contribution < -0.4 is 9.47 Å². The van der Waals surface area contributed by atoms with Crippen LogP contribution in [0.4, 0.5) is 0 Å². The first-order chi connectivity index (χ1) is 14.5. The van der Waals surface area contributed by atoms with E-state index >= 15 is 0 Å². The number of methoxy groups -OCH3 is 2. The molecule has 1 aromatic heterocycles. The summed E-state index contributed by atoms with van der Waals surface area (Å²) in [5.74, 6) is 0.706. The summed E-state index contributed by atoms with van der Waals surface area (Å²) in [5, 5.41) is 1.94. The van der Waals surface area contributed by atoms with Crippen molar-refractivity contribution in [3.05, 3.63) is 69.3 Å². The van der Waals surface area contributed by atoms with Crippen LogP contribution >= 0.6 is 23.2 Å². The van der Waals surface area contributed by atoms with Gasteiger partial charge in [-0.3, -0.25) is 9.78 Å². The number of fused-ring (bicyclic) bond motifs is 2. The minimum Gasteiger partial charge on any atom is -0.491 e. The number of carbonyl (C=O) groups is 1. The summed E-state index contributed by atoms with van der Waals surface area (Å²) in [6.45, 7) is 0.894. The maximum atomic E-state index is 12.8. The molecule has 1 aliphatic heterocycles. The smallest absolute Gasteiger partial charge is 0.246 e. The van der Waals surface area contributed by atoms with E-state index in [-0.39, 0.29) is 5.91 Å². The molecule has 0 radical (unpaired) electrons. The number of benzene rings is 2. The summed E-state index contributed by atoms with van der Waals surface area (Å²) < 4.78 is 10.8. The van der Waals surface area contributed by atoms with Crippen molar-refractivity contribution in [2.45, 2.75) is 13.0 Å². The molecule has 0 spiro atoms. The molecule has 1 aliphatic rings. The van der Waals surface area contributed by atoms with Crippen molar-refractivity contribution in [2.75, 3.05) is 20.8 Å². The molecule has 4 rings (SSSR count). The van der Waals surface area contributed by atoms with Gasteiger partial charge in [-0.05, 0) is 41.3 Å². The Hall–Kier alpha value is -2.76. The fraction of sp³-hybridized carbons (Fsp3) is 0.217. The van der Waals surface area contributed by atoms with Crippen LogP contribution in [-0.2, 0) is 17.8 Å². The van der Waals surface area contributed by atoms with Crippen LogP contribution in [0, 0.1) is 0 Å². The number of para-hydroxylation sites is 1. The molecule has 0 fully saturated rings. The fourth-order valence-corrected chi connectivity index (χ4v) is 4.39. The van der Waals surface area contributed by atoms with E-state index in [2.05, 4.69) is 4.98 Å². The molecule has 2 heterocycles. The molecule has 0 unspecified atom stereocenters. The number of carbonyl (C=O) groups excluding carboxylic acids is 1. The molecule has 0 aliphatic carbocycles. The van der Waals surface area contributed by atoms with E-state index in [1.54, 1.807) is 23.2 Å². The molecule has 0 atom stereocenters. The monoisotopic (exact) mass is 442 g/mol. The molecule has 7 heteroatoms. The lowest BCUT2D eigenvalue weighted by Crippen LogP contribution is -2.35. The third-order valence-corrected chi connectivity index (χ3v) is 6.03. The van der Waals surface area contributed by atoms with Crippen molar-refractivity contribution in [1.29, 1.82) is 0 Å². The topological polar surface area (TPSA) is 51.7 Å². The van der Waals surface area contributed by atoms with Crippen molar-refractivity contribution >= 4 is 46.1 Å². The zero-order valence-electron chi connectivity index (χ0n) is 16.6. The highest BCUT2D eigenvalue weighted by molar-refractivity contribution is 6.37. The van der Waals surface area contributed by atoms with Crippen LogP contribution in [0.2, 0.25) is 10.0 Å². The van der Waals surface area contributed by atoms with Gasteiger partial charge in [-0.2, -0.15) is 0 Å². The Morgan fingerprint density at radius 3 is 2.53 bits per heavy atom. The average molecular weight is 443 g/mol. The van der Waals surface area contributed by atoms with Gasteiger partial charge in [0, 0.05) is 30.7 Å². The predicted molar refractivity (Wildman–Crippen MR) is 119 cm³/mol. The molecule has 1 amide bonds. The number of halogens is 2. The maximum Gasteiger partial charge on any atom is 0.246 e. The van der Waals surface area contributed by atoms with E-state index in [0.29, 0.717) is 41.1 Å². The zero-order valence-corrected chi connectivity index (χ0v) is 18.1. The first-order valence-electron chi connectivity index (χ1n) is 9.46. The van der Waals surface area contributed by atoms with Crippen LogP contribution in [0.25, 0.3) is 17.0 Å². The number of rotatable bonds is 4. The Kier molecular flexibility index (Phi) is 5.84. The molecule has 0 bridgehead atoms. The van der Waals surface area contributed by atoms with E-state index in [1.165, 1.54) is 14.2 Å². The third kappa shape index (κ3) is 3.71. The lowest BCUT2D eigenvalue weighted by molar-refractivity contribution is -0.126. The van der Waals surface area contributed by atoms with Gasteiger partial charge in [0.15, 0.2) is 11.5 Å². The summed E-state index contributed by atoms with van der Waals surface area (Å²) in [5.41, 5.74) is 3.47. The molecular formula is C23H20Cl2N2O3. The lowest BCUT2D eigenvalue weighted by Gasteiger charge is -2.30. The van der Waals surface area contributed by atoms with Gasteiger partial charge >= 0.3 is 0 Å². The second-order valence-electron chi connectivity index (χ2n) is 6.96. The fourth-order valence-electron chi connectivity index (χ4n) is 3.69. The average Bonchev–Trinajstić information content (AvgIpc) is 2.79. The number of hydrogen-bond acceptors (Lipinski definition) is 4. The Labute approximate surface area is 184 Å². The Morgan fingerprint density at radius 2 is 1.80 bits per heavy atom. The van der Waals surface area contributed by atoms with Crippen LogP contribution in [-0.4, -0.2) is 36.6 Å². The van der Waals surface area contributed by atoms with Crippen LogP contribution in [0.1, 0.15) is 16.7 Å². The molecule has 3 aromatic rings. The summed E-state index contributed by atoms with van der Waals surface area (Å²) in [6, 6.07) is 9.87. The summed E-state index contributed by atoms with van der Waals surface area (Å²) in [7, 11) is 3.04. The molecule has 30 heavy (non-hydrogen) atoms. The van der Waals surface area contributed by atoms with Crippen molar-refractivity contribution in [3.8, 4) is 11.5 Å². The zero-order chi connectivity index (χ0) is 21.3. The van der Waals surface area contributed by atoms with E-state index < -0.39 is 0 Å². The minimum absolute atomic E-state index is 0.101. The van der Waals surface area contributed by atoms with E-state index in [4.69, 9.17) is 32.7 Å². The van der Waals surface area contributed by atoms with Crippen LogP contribution in [0.15, 0.2) is 42.6 Å². The van der Waals surface area contributed by atoms with Gasteiger partial charge in [0.05, 0.1) is 29.8 Å². The highest BCUT2D eigenvalue weighted by Crippen LogP contribution is 2.47.